The van der Waals surface area contributed by atoms with E-state index in [1.54, 1.807) is 6.08 Å². The lowest BCUT2D eigenvalue weighted by Gasteiger charge is -2.21. The van der Waals surface area contributed by atoms with Crippen molar-refractivity contribution in [1.82, 2.24) is 0 Å². The summed E-state index contributed by atoms with van der Waals surface area (Å²) in [6.07, 6.45) is 81.1. The van der Waals surface area contributed by atoms with Crippen LogP contribution in [0.4, 0.5) is 0 Å². The van der Waals surface area contributed by atoms with Crippen LogP contribution in [-0.4, -0.2) is 96.7 Å². The van der Waals surface area contributed by atoms with Crippen LogP contribution in [0.25, 0.3) is 0 Å². The van der Waals surface area contributed by atoms with Gasteiger partial charge in [-0.15, -0.1) is 0 Å². The van der Waals surface area contributed by atoms with E-state index in [0.717, 1.165) is 161 Å². The van der Waals surface area contributed by atoms with E-state index in [0.29, 0.717) is 32.1 Å². The zero-order chi connectivity index (χ0) is 71.8. The normalized spacial score (nSPS) is 15.0. The number of phosphoric ester groups is 2. The first kappa shape index (κ1) is 92.4. The van der Waals surface area contributed by atoms with E-state index in [1.807, 2.05) is 30.4 Å². The highest BCUT2D eigenvalue weighted by Crippen LogP contribution is 2.45. The van der Waals surface area contributed by atoms with Gasteiger partial charge in [0.1, 0.15) is 19.3 Å². The number of aliphatic hydroxyl groups is 1. The second kappa shape index (κ2) is 69.9. The first-order valence-corrected chi connectivity index (χ1v) is 39.4. The second-order valence-corrected chi connectivity index (χ2v) is 26.3. The molecule has 0 rings (SSSR count). The standard InChI is InChI=1S/C79H126O17P2/c1-5-9-13-17-21-25-29-33-35-36-38-42-44-48-52-56-60-64-77(82)90-70-75(96-79(84)66-62-58-54-50-46-40-32-28-24-20-16-12-8-4)72-94-98(87,88)92-68-73(80)67-91-97(85,86)93-71-74(95-78(83)65-61-57-53-49-45-39-31-27-23-19-15-11-7-3)69-89-76(81)63-59-55-51-47-43-41-37-34-30-26-22-18-14-10-6-2/h9-10,13-16,19-22,25-28,31-35,37-38,42-43,47-48,52,55,59,73-75,80H,5-8,11-12,17-18,23-24,29-30,36,39-41,44-46,49-51,53-54,56-58,60-72H2,1-4H3,(H,85,86)(H,87,88)/b13-9-,14-10-,19-15-,20-16-,25-21-,26-22-,31-27-,32-28-,35-33-,37-34-,42-38-,47-43-,52-48-,59-55-. The van der Waals surface area contributed by atoms with Crippen LogP contribution in [0.3, 0.4) is 0 Å². The van der Waals surface area contributed by atoms with Gasteiger partial charge in [0.2, 0.25) is 0 Å². The summed E-state index contributed by atoms with van der Waals surface area (Å²) in [7, 11) is -10.0. The Kier molecular flexibility index (Phi) is 65.9. The molecule has 0 aliphatic heterocycles. The SMILES string of the molecule is CC/C=C\C/C=C\C/C=C\C/C=C\C/C=C\CCCC(=O)OCC(COP(=O)(O)OCC(O)COP(=O)(O)OCC(COC(=O)C/C=C\C/C=C\C/C=C\C/C=C\C/C=C\CC)OC(=O)CCCCCCC/C=C\C/C=C\CCC)OC(=O)CCCCCCC/C=C\C/C=C\CCC. The topological polar surface area (TPSA) is 237 Å². The summed E-state index contributed by atoms with van der Waals surface area (Å²) in [5.74, 6) is -2.44. The van der Waals surface area contributed by atoms with Crippen molar-refractivity contribution >= 4 is 39.5 Å². The number of esters is 4. The molecular formula is C79H126O17P2. The average Bonchev–Trinajstić information content (AvgIpc) is 0.969. The number of unbranched alkanes of at least 4 members (excludes halogenated alkanes) is 13. The van der Waals surface area contributed by atoms with Crippen LogP contribution in [-0.2, 0) is 65.4 Å². The van der Waals surface area contributed by atoms with Crippen LogP contribution in [0.1, 0.15) is 246 Å². The monoisotopic (exact) mass is 1410 g/mol. The summed E-state index contributed by atoms with van der Waals surface area (Å²) in [5, 5.41) is 10.6. The molecule has 5 unspecified atom stereocenters. The molecule has 0 fully saturated rings. The molecule has 17 nitrogen and oxygen atoms in total. The molecule has 0 spiro atoms. The number of phosphoric acid groups is 2. The highest BCUT2D eigenvalue weighted by atomic mass is 31.2. The highest BCUT2D eigenvalue weighted by Gasteiger charge is 2.30. The lowest BCUT2D eigenvalue weighted by atomic mass is 10.1. The molecule has 3 N–H and O–H groups in total. The molecule has 0 aromatic rings. The molecule has 0 amide bonds. The quantitative estimate of drug-likeness (QED) is 0.0169. The van der Waals surface area contributed by atoms with E-state index >= 15 is 0 Å². The zero-order valence-electron chi connectivity index (χ0n) is 60.1. The second-order valence-electron chi connectivity index (χ2n) is 23.4. The molecule has 0 saturated heterocycles. The molecule has 19 heteroatoms. The Morgan fingerprint density at radius 1 is 0.306 bits per heavy atom. The first-order valence-electron chi connectivity index (χ1n) is 36.4. The number of aliphatic hydroxyl groups excluding tert-OH is 1. The number of carbonyl (C=O) groups is 4. The minimum atomic E-state index is -5.01. The van der Waals surface area contributed by atoms with Gasteiger partial charge in [0.25, 0.3) is 0 Å². The lowest BCUT2D eigenvalue weighted by molar-refractivity contribution is -0.161. The van der Waals surface area contributed by atoms with E-state index in [-0.39, 0.29) is 25.7 Å². The van der Waals surface area contributed by atoms with E-state index < -0.39 is 97.5 Å². The molecule has 0 radical (unpaired) electrons. The Hall–Kier alpha value is -5.58. The van der Waals surface area contributed by atoms with Crippen LogP contribution in [0.2, 0.25) is 0 Å². The third-order valence-electron chi connectivity index (χ3n) is 14.1. The maximum absolute atomic E-state index is 13.1. The van der Waals surface area contributed by atoms with Crippen molar-refractivity contribution in [2.75, 3.05) is 39.6 Å². The van der Waals surface area contributed by atoms with Crippen molar-refractivity contribution < 1.29 is 80.2 Å². The van der Waals surface area contributed by atoms with Crippen molar-refractivity contribution in [2.24, 2.45) is 0 Å². The number of hydrogen-bond acceptors (Lipinski definition) is 15. The van der Waals surface area contributed by atoms with Gasteiger partial charge in [-0.1, -0.05) is 249 Å². The van der Waals surface area contributed by atoms with E-state index in [4.69, 9.17) is 37.0 Å². The smallest absolute Gasteiger partial charge is 0.462 e. The molecule has 0 heterocycles. The van der Waals surface area contributed by atoms with Crippen LogP contribution in [0.15, 0.2) is 170 Å². The fraction of sp³-hybridized carbons (Fsp3) is 0.595. The molecule has 0 aliphatic carbocycles. The van der Waals surface area contributed by atoms with Crippen LogP contribution in [0.5, 0.6) is 0 Å². The van der Waals surface area contributed by atoms with Gasteiger partial charge in [-0.25, -0.2) is 9.13 Å². The van der Waals surface area contributed by atoms with Gasteiger partial charge < -0.3 is 33.8 Å². The molecule has 0 aromatic carbocycles. The van der Waals surface area contributed by atoms with Gasteiger partial charge in [0.15, 0.2) is 12.2 Å². The van der Waals surface area contributed by atoms with Crippen molar-refractivity contribution in [3.05, 3.63) is 170 Å². The molecule has 554 valence electrons. The number of hydrogen-bond donors (Lipinski definition) is 3. The number of rotatable bonds is 66. The van der Waals surface area contributed by atoms with Crippen molar-refractivity contribution in [3.8, 4) is 0 Å². The molecule has 0 aliphatic rings. The average molecular weight is 1410 g/mol. The summed E-state index contributed by atoms with van der Waals surface area (Å²) >= 11 is 0. The maximum atomic E-state index is 13.1. The fourth-order valence-corrected chi connectivity index (χ4v) is 10.3. The Bertz CT molecular complexity index is 2530. The third kappa shape index (κ3) is 68.9. The third-order valence-corrected chi connectivity index (χ3v) is 16.0. The maximum Gasteiger partial charge on any atom is 0.472 e. The predicted molar refractivity (Wildman–Crippen MR) is 399 cm³/mol. The Morgan fingerprint density at radius 3 is 0.939 bits per heavy atom. The Balaban J connectivity index is 5.49. The summed E-state index contributed by atoms with van der Waals surface area (Å²) in [6, 6.07) is 0. The van der Waals surface area contributed by atoms with E-state index in [2.05, 4.69) is 161 Å². The minimum Gasteiger partial charge on any atom is -0.462 e. The van der Waals surface area contributed by atoms with Gasteiger partial charge in [0, 0.05) is 19.3 Å². The molecule has 0 saturated carbocycles. The summed E-state index contributed by atoms with van der Waals surface area (Å²) in [6.45, 7) is 4.25. The van der Waals surface area contributed by atoms with Crippen molar-refractivity contribution in [3.63, 3.8) is 0 Å². The minimum absolute atomic E-state index is 0.0516. The van der Waals surface area contributed by atoms with Gasteiger partial charge in [-0.05, 0) is 141 Å². The number of ether oxygens (including phenoxy) is 4. The van der Waals surface area contributed by atoms with Crippen LogP contribution in [0, 0.1) is 0 Å². The van der Waals surface area contributed by atoms with Crippen molar-refractivity contribution in [2.45, 2.75) is 264 Å². The van der Waals surface area contributed by atoms with E-state index in [1.165, 1.54) is 0 Å². The van der Waals surface area contributed by atoms with E-state index in [9.17, 15) is 43.2 Å². The molecule has 98 heavy (non-hydrogen) atoms. The summed E-state index contributed by atoms with van der Waals surface area (Å²) < 4.78 is 68.1. The van der Waals surface area contributed by atoms with Crippen molar-refractivity contribution in [1.29, 1.82) is 0 Å². The summed E-state index contributed by atoms with van der Waals surface area (Å²) in [4.78, 5) is 72.6. The van der Waals surface area contributed by atoms with Gasteiger partial charge in [0.05, 0.1) is 32.8 Å². The molecule has 5 atom stereocenters. The first-order chi connectivity index (χ1) is 47.7. The van der Waals surface area contributed by atoms with Gasteiger partial charge in [-0.2, -0.15) is 0 Å². The molecule has 0 bridgehead atoms. The highest BCUT2D eigenvalue weighted by molar-refractivity contribution is 7.47. The van der Waals surface area contributed by atoms with Crippen LogP contribution >= 0.6 is 15.6 Å². The summed E-state index contributed by atoms with van der Waals surface area (Å²) in [5.41, 5.74) is 0. The number of allylic oxidation sites excluding steroid dienone is 27. The lowest BCUT2D eigenvalue weighted by Crippen LogP contribution is -2.30. The zero-order valence-corrected chi connectivity index (χ0v) is 61.9. The fourth-order valence-electron chi connectivity index (χ4n) is 8.70. The number of carbonyl (C=O) groups excluding carboxylic acids is 4. The molecule has 0 aromatic heterocycles. The Labute approximate surface area is 591 Å². The van der Waals surface area contributed by atoms with Gasteiger partial charge >= 0.3 is 39.5 Å². The largest absolute Gasteiger partial charge is 0.472 e. The van der Waals surface area contributed by atoms with Gasteiger partial charge in [-0.3, -0.25) is 37.3 Å². The predicted octanol–water partition coefficient (Wildman–Crippen LogP) is 20.7. The molecular weight excluding hydrogens is 1280 g/mol. The Morgan fingerprint density at radius 2 is 0.582 bits per heavy atom. The van der Waals surface area contributed by atoms with Crippen LogP contribution < -0.4 is 0 Å².